The van der Waals surface area contributed by atoms with E-state index in [1.807, 2.05) is 0 Å². The molecule has 0 saturated heterocycles. The van der Waals surface area contributed by atoms with Crippen molar-refractivity contribution in [3.8, 4) is 0 Å². The van der Waals surface area contributed by atoms with Gasteiger partial charge < -0.3 is 20.4 Å². The molecule has 0 aromatic heterocycles. The van der Waals surface area contributed by atoms with E-state index in [1.54, 1.807) is 0 Å². The third-order valence-electron chi connectivity index (χ3n) is 4.15. The number of hydrogen-bond donors (Lipinski definition) is 4. The predicted molar refractivity (Wildman–Crippen MR) is 69.6 cm³/mol. The Balaban J connectivity index is 0.000000180. The zero-order valence-corrected chi connectivity index (χ0v) is 11.6. The molecule has 2 aliphatic rings. The van der Waals surface area contributed by atoms with Crippen LogP contribution in [-0.4, -0.2) is 32.0 Å². The van der Waals surface area contributed by atoms with Crippen LogP contribution in [0, 0.1) is 11.8 Å². The van der Waals surface area contributed by atoms with Gasteiger partial charge in [-0.1, -0.05) is 13.8 Å². The minimum Gasteiger partial charge on any atom is -0.366 e. The Morgan fingerprint density at radius 1 is 0.611 bits per heavy atom. The highest BCUT2D eigenvalue weighted by Crippen LogP contribution is 2.29. The van der Waals surface area contributed by atoms with E-state index in [2.05, 4.69) is 13.8 Å². The minimum absolute atomic E-state index is 0.550. The maximum absolute atomic E-state index is 9.05. The number of rotatable bonds is 0. The second-order valence-electron chi connectivity index (χ2n) is 6.33. The van der Waals surface area contributed by atoms with Crippen LogP contribution in [0.15, 0.2) is 0 Å². The summed E-state index contributed by atoms with van der Waals surface area (Å²) in [6.07, 6.45) is 6.00. The van der Waals surface area contributed by atoms with Gasteiger partial charge >= 0.3 is 0 Å². The molecule has 0 atom stereocenters. The van der Waals surface area contributed by atoms with E-state index in [0.29, 0.717) is 37.5 Å². The van der Waals surface area contributed by atoms with Gasteiger partial charge in [0.1, 0.15) is 0 Å². The predicted octanol–water partition coefficient (Wildman–Crippen LogP) is 1.75. The summed E-state index contributed by atoms with van der Waals surface area (Å²) in [5.41, 5.74) is 0. The third kappa shape index (κ3) is 6.14. The summed E-state index contributed by atoms with van der Waals surface area (Å²) in [7, 11) is 0. The molecule has 2 saturated carbocycles. The van der Waals surface area contributed by atoms with Gasteiger partial charge in [0, 0.05) is 25.7 Å². The van der Waals surface area contributed by atoms with Gasteiger partial charge in [-0.25, -0.2) is 0 Å². The van der Waals surface area contributed by atoms with Crippen LogP contribution in [0.4, 0.5) is 0 Å². The Labute approximate surface area is 110 Å². The molecule has 108 valence electrons. The molecule has 0 aromatic carbocycles. The molecule has 0 aromatic rings. The smallest absolute Gasteiger partial charge is 0.162 e. The summed E-state index contributed by atoms with van der Waals surface area (Å²) in [5, 5.41) is 36.2. The fourth-order valence-electron chi connectivity index (χ4n) is 2.45. The van der Waals surface area contributed by atoms with E-state index in [0.717, 1.165) is 25.7 Å². The van der Waals surface area contributed by atoms with Gasteiger partial charge in [0.2, 0.25) is 0 Å². The SMILES string of the molecule is CC1CCC(O)(O)CC1.CC1CCC(O)(O)CC1. The third-order valence-corrected chi connectivity index (χ3v) is 4.15. The zero-order valence-electron chi connectivity index (χ0n) is 11.6. The van der Waals surface area contributed by atoms with E-state index in [9.17, 15) is 0 Å². The van der Waals surface area contributed by atoms with Gasteiger partial charge in [0.25, 0.3) is 0 Å². The van der Waals surface area contributed by atoms with Crippen molar-refractivity contribution in [2.75, 3.05) is 0 Å². The van der Waals surface area contributed by atoms with Crippen molar-refractivity contribution < 1.29 is 20.4 Å². The van der Waals surface area contributed by atoms with Crippen LogP contribution in [0.1, 0.15) is 65.2 Å². The first-order valence-corrected chi connectivity index (χ1v) is 7.10. The fourth-order valence-corrected chi connectivity index (χ4v) is 2.45. The lowest BCUT2D eigenvalue weighted by Crippen LogP contribution is -2.32. The van der Waals surface area contributed by atoms with E-state index < -0.39 is 11.6 Å². The molecule has 0 unspecified atom stereocenters. The van der Waals surface area contributed by atoms with Crippen LogP contribution in [0.5, 0.6) is 0 Å². The zero-order chi connectivity index (χ0) is 13.8. The van der Waals surface area contributed by atoms with Crippen molar-refractivity contribution >= 4 is 0 Å². The van der Waals surface area contributed by atoms with Gasteiger partial charge in [-0.3, -0.25) is 0 Å². The molecule has 0 amide bonds. The van der Waals surface area contributed by atoms with Crippen molar-refractivity contribution in [1.29, 1.82) is 0 Å². The Morgan fingerprint density at radius 3 is 1.00 bits per heavy atom. The molecule has 2 aliphatic carbocycles. The second-order valence-corrected chi connectivity index (χ2v) is 6.33. The molecule has 0 aliphatic heterocycles. The Kier molecular flexibility index (Phi) is 5.59. The lowest BCUT2D eigenvalue weighted by Gasteiger charge is -2.29. The van der Waals surface area contributed by atoms with Crippen LogP contribution in [0.2, 0.25) is 0 Å². The average Bonchev–Trinajstić information content (AvgIpc) is 2.28. The highest BCUT2D eigenvalue weighted by atomic mass is 16.5. The van der Waals surface area contributed by atoms with E-state index in [4.69, 9.17) is 20.4 Å². The van der Waals surface area contributed by atoms with Crippen molar-refractivity contribution in [1.82, 2.24) is 0 Å². The summed E-state index contributed by atoms with van der Waals surface area (Å²) in [4.78, 5) is 0. The van der Waals surface area contributed by atoms with Crippen molar-refractivity contribution in [2.45, 2.75) is 76.8 Å². The molecule has 2 fully saturated rings. The highest BCUT2D eigenvalue weighted by molar-refractivity contribution is 4.74. The summed E-state index contributed by atoms with van der Waals surface area (Å²) in [6, 6.07) is 0. The lowest BCUT2D eigenvalue weighted by molar-refractivity contribution is -0.185. The molecule has 0 heterocycles. The molecular formula is C14H28O4. The van der Waals surface area contributed by atoms with Gasteiger partial charge in [-0.2, -0.15) is 0 Å². The molecule has 4 N–H and O–H groups in total. The highest BCUT2D eigenvalue weighted by Gasteiger charge is 2.29. The Morgan fingerprint density at radius 2 is 0.833 bits per heavy atom. The van der Waals surface area contributed by atoms with Gasteiger partial charge in [-0.15, -0.1) is 0 Å². The standard InChI is InChI=1S/2C7H14O2/c2*1-6-2-4-7(8,9)5-3-6/h2*6,8-9H,2-5H2,1H3. The number of aliphatic hydroxyl groups is 4. The fraction of sp³-hybridized carbons (Fsp3) is 1.00. The Hall–Kier alpha value is -0.160. The average molecular weight is 260 g/mol. The number of hydrogen-bond acceptors (Lipinski definition) is 4. The lowest BCUT2D eigenvalue weighted by atomic mass is 9.87. The minimum atomic E-state index is -1.34. The van der Waals surface area contributed by atoms with E-state index >= 15 is 0 Å². The van der Waals surface area contributed by atoms with Crippen LogP contribution < -0.4 is 0 Å². The summed E-state index contributed by atoms with van der Waals surface area (Å²) >= 11 is 0. The van der Waals surface area contributed by atoms with Crippen molar-refractivity contribution in [3.63, 3.8) is 0 Å². The van der Waals surface area contributed by atoms with Crippen LogP contribution >= 0.6 is 0 Å². The molecule has 4 heteroatoms. The van der Waals surface area contributed by atoms with Crippen LogP contribution in [0.3, 0.4) is 0 Å². The summed E-state index contributed by atoms with van der Waals surface area (Å²) in [5.74, 6) is -1.33. The molecule has 0 spiro atoms. The van der Waals surface area contributed by atoms with Crippen molar-refractivity contribution in [2.24, 2.45) is 11.8 Å². The maximum atomic E-state index is 9.05. The molecule has 2 rings (SSSR count). The topological polar surface area (TPSA) is 80.9 Å². The first-order chi connectivity index (χ1) is 8.20. The van der Waals surface area contributed by atoms with Crippen LogP contribution in [-0.2, 0) is 0 Å². The largest absolute Gasteiger partial charge is 0.366 e. The second kappa shape index (κ2) is 6.33. The monoisotopic (exact) mass is 260 g/mol. The quantitative estimate of drug-likeness (QED) is 0.500. The van der Waals surface area contributed by atoms with Crippen molar-refractivity contribution in [3.05, 3.63) is 0 Å². The molecule has 0 bridgehead atoms. The first-order valence-electron chi connectivity index (χ1n) is 7.10. The molecule has 18 heavy (non-hydrogen) atoms. The molecular weight excluding hydrogens is 232 g/mol. The normalized spacial score (nSPS) is 28.3. The van der Waals surface area contributed by atoms with Gasteiger partial charge in [-0.05, 0) is 37.5 Å². The van der Waals surface area contributed by atoms with E-state index in [1.165, 1.54) is 0 Å². The first kappa shape index (κ1) is 15.9. The summed E-state index contributed by atoms with van der Waals surface area (Å²) in [6.45, 7) is 4.30. The molecule has 4 nitrogen and oxygen atoms in total. The maximum Gasteiger partial charge on any atom is 0.162 e. The van der Waals surface area contributed by atoms with E-state index in [-0.39, 0.29) is 0 Å². The Bertz CT molecular complexity index is 204. The van der Waals surface area contributed by atoms with Gasteiger partial charge in [0.05, 0.1) is 0 Å². The molecule has 0 radical (unpaired) electrons. The summed E-state index contributed by atoms with van der Waals surface area (Å²) < 4.78 is 0. The van der Waals surface area contributed by atoms with Crippen LogP contribution in [0.25, 0.3) is 0 Å². The van der Waals surface area contributed by atoms with Gasteiger partial charge in [0.15, 0.2) is 11.6 Å².